The molecule has 0 saturated carbocycles. The number of hydrogen-bond acceptors (Lipinski definition) is 5. The minimum atomic E-state index is -0.197. The Labute approximate surface area is 147 Å². The van der Waals surface area contributed by atoms with Gasteiger partial charge in [0, 0.05) is 30.3 Å². The van der Waals surface area contributed by atoms with Crippen LogP contribution < -0.4 is 10.6 Å². The molecule has 7 nitrogen and oxygen atoms in total. The number of benzene rings is 1. The van der Waals surface area contributed by atoms with Crippen LogP contribution in [0.5, 0.6) is 0 Å². The number of hydrogen-bond donors (Lipinski definition) is 2. The highest BCUT2D eigenvalue weighted by molar-refractivity contribution is 5.89. The van der Waals surface area contributed by atoms with E-state index in [-0.39, 0.29) is 6.03 Å². The third kappa shape index (κ3) is 4.57. The van der Waals surface area contributed by atoms with Crippen molar-refractivity contribution in [3.05, 3.63) is 30.1 Å². The predicted molar refractivity (Wildman–Crippen MR) is 96.4 cm³/mol. The van der Waals surface area contributed by atoms with Gasteiger partial charge in [0.25, 0.3) is 5.89 Å². The van der Waals surface area contributed by atoms with E-state index in [0.717, 1.165) is 24.9 Å². The molecule has 1 aliphatic rings. The molecule has 1 aliphatic heterocycles. The molecule has 1 aromatic carbocycles. The van der Waals surface area contributed by atoms with Crippen LogP contribution in [0.4, 0.5) is 10.5 Å². The number of nitrogens with zero attached hydrogens (tertiary/aromatic N) is 3. The Kier molecular flexibility index (Phi) is 5.65. The highest BCUT2D eigenvalue weighted by Gasteiger charge is 2.20. The van der Waals surface area contributed by atoms with Crippen molar-refractivity contribution in [1.82, 2.24) is 20.4 Å². The first-order chi connectivity index (χ1) is 12.2. The van der Waals surface area contributed by atoms with E-state index in [1.54, 1.807) is 0 Å². The van der Waals surface area contributed by atoms with Gasteiger partial charge in [0.2, 0.25) is 0 Å². The van der Waals surface area contributed by atoms with E-state index < -0.39 is 0 Å². The zero-order chi connectivity index (χ0) is 17.6. The molecule has 3 rings (SSSR count). The molecule has 2 heterocycles. The Morgan fingerprint density at radius 1 is 1.44 bits per heavy atom. The molecule has 0 radical (unpaired) electrons. The summed E-state index contributed by atoms with van der Waals surface area (Å²) in [5.41, 5.74) is 1.49. The predicted octanol–water partition coefficient (Wildman–Crippen LogP) is 2.90. The van der Waals surface area contributed by atoms with Crippen LogP contribution in [0.2, 0.25) is 0 Å². The molecule has 1 atom stereocenters. The maximum absolute atomic E-state index is 12.1. The van der Waals surface area contributed by atoms with Crippen molar-refractivity contribution < 1.29 is 9.32 Å². The van der Waals surface area contributed by atoms with Gasteiger partial charge in [-0.2, -0.15) is 4.98 Å². The monoisotopic (exact) mass is 343 g/mol. The van der Waals surface area contributed by atoms with Crippen molar-refractivity contribution in [2.24, 2.45) is 0 Å². The standard InChI is InChI=1S/C18H25N5O2/c1-3-16-21-17(25-22-16)13-6-4-7-14(12-13)20-18(24)19-10-9-15-8-5-11-23(15)2/h4,6-7,12,15H,3,5,8-11H2,1-2H3,(H2,19,20,24)/t15-/m1/s1. The van der Waals surface area contributed by atoms with Crippen LogP contribution >= 0.6 is 0 Å². The van der Waals surface area contributed by atoms with Crippen molar-refractivity contribution in [2.45, 2.75) is 38.6 Å². The number of likely N-dealkylation sites (tertiary alicyclic amines) is 1. The summed E-state index contributed by atoms with van der Waals surface area (Å²) in [5, 5.41) is 9.68. The molecule has 134 valence electrons. The largest absolute Gasteiger partial charge is 0.338 e. The molecule has 0 aliphatic carbocycles. The Morgan fingerprint density at radius 3 is 3.04 bits per heavy atom. The summed E-state index contributed by atoms with van der Waals surface area (Å²) in [6.45, 7) is 3.80. The van der Waals surface area contributed by atoms with E-state index in [4.69, 9.17) is 4.52 Å². The first-order valence-corrected chi connectivity index (χ1v) is 8.84. The Hall–Kier alpha value is -2.41. The molecule has 0 unspecified atom stereocenters. The van der Waals surface area contributed by atoms with Crippen LogP contribution in [-0.2, 0) is 6.42 Å². The zero-order valence-corrected chi connectivity index (χ0v) is 14.8. The lowest BCUT2D eigenvalue weighted by molar-refractivity contribution is 0.248. The van der Waals surface area contributed by atoms with Crippen molar-refractivity contribution >= 4 is 11.7 Å². The molecule has 7 heteroatoms. The van der Waals surface area contributed by atoms with Gasteiger partial charge < -0.3 is 20.1 Å². The number of aromatic nitrogens is 2. The van der Waals surface area contributed by atoms with Gasteiger partial charge in [0.1, 0.15) is 0 Å². The van der Waals surface area contributed by atoms with Gasteiger partial charge in [0.15, 0.2) is 5.82 Å². The van der Waals surface area contributed by atoms with Gasteiger partial charge in [-0.1, -0.05) is 18.1 Å². The summed E-state index contributed by atoms with van der Waals surface area (Å²) in [6, 6.07) is 7.79. The molecule has 25 heavy (non-hydrogen) atoms. The third-order valence-corrected chi connectivity index (χ3v) is 4.59. The summed E-state index contributed by atoms with van der Waals surface area (Å²) >= 11 is 0. The number of carbonyl (C=O) groups excluding carboxylic acids is 1. The smallest absolute Gasteiger partial charge is 0.319 e. The maximum Gasteiger partial charge on any atom is 0.319 e. The van der Waals surface area contributed by atoms with Crippen molar-refractivity contribution in [1.29, 1.82) is 0 Å². The SMILES string of the molecule is CCc1noc(-c2cccc(NC(=O)NCC[C@H]3CCCN3C)c2)n1. The fourth-order valence-electron chi connectivity index (χ4n) is 3.12. The number of rotatable bonds is 6. The molecule has 2 amide bonds. The number of anilines is 1. The number of carbonyl (C=O) groups is 1. The summed E-state index contributed by atoms with van der Waals surface area (Å²) < 4.78 is 5.24. The molecule has 1 fully saturated rings. The molecule has 1 saturated heterocycles. The normalized spacial score (nSPS) is 17.6. The van der Waals surface area contributed by atoms with Gasteiger partial charge >= 0.3 is 6.03 Å². The molecule has 2 aromatic rings. The van der Waals surface area contributed by atoms with E-state index in [1.807, 2.05) is 31.2 Å². The fourth-order valence-corrected chi connectivity index (χ4v) is 3.12. The molecule has 0 spiro atoms. The van der Waals surface area contributed by atoms with E-state index in [2.05, 4.69) is 32.7 Å². The van der Waals surface area contributed by atoms with Gasteiger partial charge in [0.05, 0.1) is 0 Å². The summed E-state index contributed by atoms with van der Waals surface area (Å²) in [7, 11) is 2.14. The average molecular weight is 343 g/mol. The van der Waals surface area contributed by atoms with Gasteiger partial charge in [-0.25, -0.2) is 4.79 Å². The molecular formula is C18H25N5O2. The summed E-state index contributed by atoms with van der Waals surface area (Å²) in [6.07, 6.45) is 4.16. The first-order valence-electron chi connectivity index (χ1n) is 8.84. The number of aryl methyl sites for hydroxylation is 1. The maximum atomic E-state index is 12.1. The van der Waals surface area contributed by atoms with Gasteiger partial charge in [-0.15, -0.1) is 0 Å². The first kappa shape index (κ1) is 17.4. The third-order valence-electron chi connectivity index (χ3n) is 4.59. The topological polar surface area (TPSA) is 83.3 Å². The Morgan fingerprint density at radius 2 is 2.32 bits per heavy atom. The highest BCUT2D eigenvalue weighted by Crippen LogP contribution is 2.21. The lowest BCUT2D eigenvalue weighted by Crippen LogP contribution is -2.34. The van der Waals surface area contributed by atoms with Crippen LogP contribution in [0, 0.1) is 0 Å². The molecule has 1 aromatic heterocycles. The van der Waals surface area contributed by atoms with Crippen LogP contribution in [0.3, 0.4) is 0 Å². The second kappa shape index (κ2) is 8.11. The Bertz CT molecular complexity index is 715. The van der Waals surface area contributed by atoms with E-state index in [0.29, 0.717) is 30.0 Å². The second-order valence-corrected chi connectivity index (χ2v) is 6.40. The average Bonchev–Trinajstić information content (AvgIpc) is 3.24. The zero-order valence-electron chi connectivity index (χ0n) is 14.8. The highest BCUT2D eigenvalue weighted by atomic mass is 16.5. The van der Waals surface area contributed by atoms with Crippen LogP contribution in [0.1, 0.15) is 32.0 Å². The lowest BCUT2D eigenvalue weighted by Gasteiger charge is -2.19. The van der Waals surface area contributed by atoms with Crippen molar-refractivity contribution in [3.8, 4) is 11.5 Å². The van der Waals surface area contributed by atoms with E-state index >= 15 is 0 Å². The lowest BCUT2D eigenvalue weighted by atomic mass is 10.1. The molecule has 2 N–H and O–H groups in total. The summed E-state index contributed by atoms with van der Waals surface area (Å²) in [5.74, 6) is 1.13. The number of nitrogens with one attached hydrogen (secondary N) is 2. The van der Waals surface area contributed by atoms with E-state index in [1.165, 1.54) is 12.8 Å². The van der Waals surface area contributed by atoms with Gasteiger partial charge in [-0.3, -0.25) is 0 Å². The van der Waals surface area contributed by atoms with Gasteiger partial charge in [-0.05, 0) is 51.1 Å². The fraction of sp³-hybridized carbons (Fsp3) is 0.500. The minimum absolute atomic E-state index is 0.197. The van der Waals surface area contributed by atoms with Crippen molar-refractivity contribution in [2.75, 3.05) is 25.5 Å². The number of urea groups is 1. The van der Waals surface area contributed by atoms with Crippen LogP contribution in [0.25, 0.3) is 11.5 Å². The molecular weight excluding hydrogens is 318 g/mol. The van der Waals surface area contributed by atoms with Crippen LogP contribution in [0.15, 0.2) is 28.8 Å². The quantitative estimate of drug-likeness (QED) is 0.842. The summed E-state index contributed by atoms with van der Waals surface area (Å²) in [4.78, 5) is 18.7. The van der Waals surface area contributed by atoms with Crippen LogP contribution in [-0.4, -0.2) is 47.3 Å². The molecule has 0 bridgehead atoms. The minimum Gasteiger partial charge on any atom is -0.338 e. The Balaban J connectivity index is 1.52. The van der Waals surface area contributed by atoms with E-state index in [9.17, 15) is 4.79 Å². The number of amides is 2. The second-order valence-electron chi connectivity index (χ2n) is 6.40. The van der Waals surface area contributed by atoms with Crippen molar-refractivity contribution in [3.63, 3.8) is 0 Å².